The number of amides is 1. The molecular formula is C19H17FN6O4S. The van der Waals surface area contributed by atoms with Gasteiger partial charge in [0, 0.05) is 36.0 Å². The zero-order valence-corrected chi connectivity index (χ0v) is 17.0. The van der Waals surface area contributed by atoms with E-state index in [1.54, 1.807) is 16.5 Å². The number of hydrogen-bond acceptors (Lipinski definition) is 9. The quantitative estimate of drug-likeness (QED) is 0.595. The first-order valence-electron chi connectivity index (χ1n) is 9.59. The summed E-state index contributed by atoms with van der Waals surface area (Å²) in [5, 5.41) is 8.00. The van der Waals surface area contributed by atoms with Crippen molar-refractivity contribution in [2.45, 2.75) is 12.1 Å². The summed E-state index contributed by atoms with van der Waals surface area (Å²) in [6.07, 6.45) is 2.86. The van der Waals surface area contributed by atoms with Crippen LogP contribution in [0.5, 0.6) is 0 Å². The largest absolute Gasteiger partial charge is 0.369 e. The smallest absolute Gasteiger partial charge is 0.322 e. The second-order valence-electron chi connectivity index (χ2n) is 7.55. The van der Waals surface area contributed by atoms with E-state index >= 15 is 0 Å². The number of rotatable bonds is 4. The highest BCUT2D eigenvalue weighted by Crippen LogP contribution is 2.33. The van der Waals surface area contributed by atoms with Gasteiger partial charge in [-0.25, -0.2) is 14.4 Å². The second kappa shape index (κ2) is 7.55. The molecule has 5 heterocycles. The van der Waals surface area contributed by atoms with Gasteiger partial charge in [-0.2, -0.15) is 0 Å². The first-order chi connectivity index (χ1) is 15.0. The fourth-order valence-corrected chi connectivity index (χ4v) is 4.62. The van der Waals surface area contributed by atoms with E-state index in [1.165, 1.54) is 22.1 Å². The van der Waals surface area contributed by atoms with Gasteiger partial charge >= 0.3 is 5.91 Å². The van der Waals surface area contributed by atoms with Crippen molar-refractivity contribution >= 4 is 34.1 Å². The van der Waals surface area contributed by atoms with Crippen LogP contribution in [0.2, 0.25) is 0 Å². The lowest BCUT2D eigenvalue weighted by molar-refractivity contribution is -0.0833. The minimum Gasteiger partial charge on any atom is -0.369 e. The van der Waals surface area contributed by atoms with Crippen LogP contribution in [0, 0.1) is 10.7 Å². The second-order valence-corrected chi connectivity index (χ2v) is 8.53. The average Bonchev–Trinajstić information content (AvgIpc) is 3.27. The van der Waals surface area contributed by atoms with Crippen molar-refractivity contribution in [1.29, 1.82) is 0 Å². The molecule has 0 saturated carbocycles. The fourth-order valence-electron chi connectivity index (χ4n) is 4.01. The maximum atomic E-state index is 15.0. The summed E-state index contributed by atoms with van der Waals surface area (Å²) in [4.78, 5) is 45.8. The van der Waals surface area contributed by atoms with Crippen molar-refractivity contribution in [1.82, 2.24) is 19.9 Å². The zero-order chi connectivity index (χ0) is 21.6. The fraction of sp³-hybridized carbons (Fsp3) is 0.368. The van der Waals surface area contributed by atoms with Gasteiger partial charge in [0.2, 0.25) is 5.43 Å². The van der Waals surface area contributed by atoms with Crippen molar-refractivity contribution in [3.8, 4) is 0 Å². The predicted octanol–water partition coefficient (Wildman–Crippen LogP) is 1.13. The van der Waals surface area contributed by atoms with Crippen LogP contribution < -0.4 is 15.6 Å². The Morgan fingerprint density at radius 2 is 2.26 bits per heavy atom. The summed E-state index contributed by atoms with van der Waals surface area (Å²) in [6, 6.07) is 1.06. The van der Waals surface area contributed by atoms with E-state index in [9.17, 15) is 18.9 Å². The van der Waals surface area contributed by atoms with Gasteiger partial charge in [-0.1, -0.05) is 0 Å². The molecule has 2 saturated heterocycles. The van der Waals surface area contributed by atoms with Crippen molar-refractivity contribution in [2.24, 2.45) is 5.18 Å². The molecule has 1 spiro atoms. The molecule has 10 nitrogen and oxygen atoms in total. The number of fused-ring (bicyclic) bond motifs is 1. The van der Waals surface area contributed by atoms with Gasteiger partial charge < -0.3 is 19.5 Å². The number of ether oxygens (including phenoxy) is 1. The van der Waals surface area contributed by atoms with E-state index in [2.05, 4.69) is 20.5 Å². The number of morpholine rings is 1. The molecule has 3 aromatic rings. The Balaban J connectivity index is 1.60. The molecule has 0 aromatic carbocycles. The number of carbonyl (C=O) groups is 1. The Labute approximate surface area is 178 Å². The van der Waals surface area contributed by atoms with E-state index in [0.717, 1.165) is 12.6 Å². The Morgan fingerprint density at radius 3 is 2.94 bits per heavy atom. The van der Waals surface area contributed by atoms with Gasteiger partial charge in [-0.05, 0) is 6.07 Å². The molecular weight excluding hydrogens is 427 g/mol. The van der Waals surface area contributed by atoms with Crippen LogP contribution in [-0.4, -0.2) is 58.8 Å². The van der Waals surface area contributed by atoms with E-state index < -0.39 is 22.7 Å². The predicted molar refractivity (Wildman–Crippen MR) is 111 cm³/mol. The number of carbonyl (C=O) groups excluding carboxylic acids is 1. The van der Waals surface area contributed by atoms with E-state index in [0.29, 0.717) is 31.2 Å². The van der Waals surface area contributed by atoms with Crippen LogP contribution in [0.15, 0.2) is 33.8 Å². The van der Waals surface area contributed by atoms with Crippen LogP contribution in [0.1, 0.15) is 15.4 Å². The van der Waals surface area contributed by atoms with Crippen molar-refractivity contribution in [2.75, 3.05) is 37.7 Å². The molecule has 0 unspecified atom stereocenters. The lowest BCUT2D eigenvalue weighted by atomic mass is 9.92. The molecule has 0 bridgehead atoms. The lowest BCUT2D eigenvalue weighted by Gasteiger charge is -2.52. The minimum atomic E-state index is -1.21. The third-order valence-corrected chi connectivity index (χ3v) is 6.24. The lowest BCUT2D eigenvalue weighted by Crippen LogP contribution is -2.70. The van der Waals surface area contributed by atoms with Crippen LogP contribution in [0.4, 0.5) is 10.2 Å². The number of pyridine rings is 2. The van der Waals surface area contributed by atoms with Crippen LogP contribution in [0.3, 0.4) is 0 Å². The molecule has 1 amide bonds. The number of halogens is 1. The van der Waals surface area contributed by atoms with Crippen LogP contribution in [-0.2, 0) is 11.3 Å². The first-order valence-corrected chi connectivity index (χ1v) is 10.5. The maximum Gasteiger partial charge on any atom is 0.322 e. The molecule has 2 fully saturated rings. The molecule has 0 aliphatic carbocycles. The minimum absolute atomic E-state index is 0.0990. The average molecular weight is 444 g/mol. The third-order valence-electron chi connectivity index (χ3n) is 5.48. The summed E-state index contributed by atoms with van der Waals surface area (Å²) >= 11 is 1.38. The molecule has 12 heteroatoms. The highest BCUT2D eigenvalue weighted by atomic mass is 32.1. The van der Waals surface area contributed by atoms with Gasteiger partial charge in [-0.3, -0.25) is 9.59 Å². The topological polar surface area (TPSA) is 119 Å². The number of hydrogen-bond donors (Lipinski definition) is 1. The molecule has 0 atom stereocenters. The molecule has 2 aliphatic rings. The zero-order valence-electron chi connectivity index (χ0n) is 16.2. The summed E-state index contributed by atoms with van der Waals surface area (Å²) in [7, 11) is 0. The van der Waals surface area contributed by atoms with E-state index in [4.69, 9.17) is 4.74 Å². The van der Waals surface area contributed by atoms with Gasteiger partial charge in [0.25, 0.3) is 0 Å². The number of thiazole rings is 1. The number of aromatic nitrogens is 3. The van der Waals surface area contributed by atoms with Gasteiger partial charge in [0.05, 0.1) is 31.6 Å². The van der Waals surface area contributed by atoms with Crippen LogP contribution >= 0.6 is 11.3 Å². The molecule has 31 heavy (non-hydrogen) atoms. The van der Waals surface area contributed by atoms with Gasteiger partial charge in [0.1, 0.15) is 21.8 Å². The Hall–Kier alpha value is -3.09. The Bertz CT molecular complexity index is 1230. The number of nitroso groups, excluding NO2 is 1. The molecule has 1 N–H and O–H groups in total. The normalized spacial score (nSPS) is 17.6. The van der Waals surface area contributed by atoms with Gasteiger partial charge in [-0.15, -0.1) is 16.2 Å². The SMILES string of the molecule is O=NC(=O)c1cn(Cc2nccs2)c2nc(N3CC4(CNCCO4)C3)c(F)cc2c1=O. The van der Waals surface area contributed by atoms with Crippen molar-refractivity contribution in [3.05, 3.63) is 55.4 Å². The third kappa shape index (κ3) is 3.42. The molecule has 3 aromatic heterocycles. The van der Waals surface area contributed by atoms with Crippen molar-refractivity contribution < 1.29 is 13.9 Å². The molecule has 0 radical (unpaired) electrons. The summed E-state index contributed by atoms with van der Waals surface area (Å²) < 4.78 is 22.3. The standard InChI is InChI=1S/C19H17FN6O4S/c20-13-5-11-15(27)12(18(28)24-29)6-25(7-14-22-2-4-31-14)16(11)23-17(13)26-9-19(10-26)8-21-1-3-30-19/h2,4-6,21H,1,3,7-10H2. The highest BCUT2D eigenvalue weighted by Gasteiger charge is 2.46. The van der Waals surface area contributed by atoms with E-state index in [1.807, 2.05) is 0 Å². The summed E-state index contributed by atoms with van der Waals surface area (Å²) in [6.45, 7) is 3.19. The Morgan fingerprint density at radius 1 is 1.42 bits per heavy atom. The van der Waals surface area contributed by atoms with Crippen molar-refractivity contribution in [3.63, 3.8) is 0 Å². The summed E-state index contributed by atoms with van der Waals surface area (Å²) in [5.41, 5.74) is -1.39. The van der Waals surface area contributed by atoms with Gasteiger partial charge in [0.15, 0.2) is 11.6 Å². The number of nitrogens with one attached hydrogen (secondary N) is 1. The van der Waals surface area contributed by atoms with Crippen LogP contribution in [0.25, 0.3) is 11.0 Å². The first kappa shape index (κ1) is 19.8. The molecule has 160 valence electrons. The Kier molecular flexibility index (Phi) is 4.84. The molecule has 2 aliphatic heterocycles. The number of nitrogens with zero attached hydrogens (tertiary/aromatic N) is 5. The van der Waals surface area contributed by atoms with E-state index in [-0.39, 0.29) is 29.0 Å². The summed E-state index contributed by atoms with van der Waals surface area (Å²) in [5.74, 6) is -1.80. The molecule has 5 rings (SSSR count). The number of anilines is 1. The highest BCUT2D eigenvalue weighted by molar-refractivity contribution is 7.09. The maximum absolute atomic E-state index is 15.0. The monoisotopic (exact) mass is 444 g/mol.